The molecule has 4 nitrogen and oxygen atoms in total. The zero-order valence-corrected chi connectivity index (χ0v) is 13.5. The van der Waals surface area contributed by atoms with E-state index in [2.05, 4.69) is 10.3 Å². The lowest BCUT2D eigenvalue weighted by molar-refractivity contribution is -0.138. The van der Waals surface area contributed by atoms with E-state index in [0.29, 0.717) is 19.2 Å². The summed E-state index contributed by atoms with van der Waals surface area (Å²) < 4.78 is 47.2. The van der Waals surface area contributed by atoms with E-state index in [1.165, 1.54) is 12.1 Å². The molecule has 24 heavy (non-hydrogen) atoms. The molecule has 1 aromatic heterocycles. The van der Waals surface area contributed by atoms with Crippen LogP contribution >= 0.6 is 0 Å². The third kappa shape index (κ3) is 3.40. The lowest BCUT2D eigenvalue weighted by atomic mass is 10.1. The number of imidazole rings is 1. The van der Waals surface area contributed by atoms with E-state index in [0.717, 1.165) is 36.8 Å². The van der Waals surface area contributed by atoms with Gasteiger partial charge in [0.05, 0.1) is 24.4 Å². The van der Waals surface area contributed by atoms with Crippen LogP contribution in [0.15, 0.2) is 24.3 Å². The summed E-state index contributed by atoms with van der Waals surface area (Å²) in [5.41, 5.74) is 1.43. The highest BCUT2D eigenvalue weighted by Crippen LogP contribution is 2.33. The van der Waals surface area contributed by atoms with Crippen molar-refractivity contribution in [2.24, 2.45) is 0 Å². The highest BCUT2D eigenvalue weighted by molar-refractivity contribution is 5.32. The molecule has 0 atom stereocenters. The Morgan fingerprint density at radius 2 is 2.08 bits per heavy atom. The number of hydrogen-bond donors (Lipinski definition) is 1. The van der Waals surface area contributed by atoms with Crippen molar-refractivity contribution in [1.29, 1.82) is 0 Å². The number of aromatic nitrogens is 2. The Morgan fingerprint density at radius 3 is 2.83 bits per heavy atom. The van der Waals surface area contributed by atoms with E-state index in [4.69, 9.17) is 4.74 Å². The van der Waals surface area contributed by atoms with Gasteiger partial charge in [-0.05, 0) is 18.1 Å². The topological polar surface area (TPSA) is 39.1 Å². The number of hydrogen-bond acceptors (Lipinski definition) is 3. The molecule has 0 bridgehead atoms. The lowest BCUT2D eigenvalue weighted by Crippen LogP contribution is -2.25. The SMILES string of the molecule is CCCOc1nc2c(n1Cc1ccccc1C(F)(F)F)CCNC2. The largest absolute Gasteiger partial charge is 0.465 e. The van der Waals surface area contributed by atoms with Crippen molar-refractivity contribution in [3.63, 3.8) is 0 Å². The first kappa shape index (κ1) is 16.8. The smallest absolute Gasteiger partial charge is 0.416 e. The first-order valence-corrected chi connectivity index (χ1v) is 8.07. The fraction of sp³-hybridized carbons (Fsp3) is 0.471. The molecule has 7 heteroatoms. The van der Waals surface area contributed by atoms with Gasteiger partial charge in [-0.1, -0.05) is 25.1 Å². The number of alkyl halides is 3. The number of nitrogens with one attached hydrogen (secondary N) is 1. The van der Waals surface area contributed by atoms with Crippen molar-refractivity contribution in [2.75, 3.05) is 13.2 Å². The maximum Gasteiger partial charge on any atom is 0.416 e. The fourth-order valence-electron chi connectivity index (χ4n) is 2.92. The predicted octanol–water partition coefficient (Wildman–Crippen LogP) is 3.38. The molecule has 1 aliphatic rings. The minimum absolute atomic E-state index is 0.108. The third-order valence-electron chi connectivity index (χ3n) is 4.04. The molecule has 1 aliphatic heterocycles. The molecular formula is C17H20F3N3O. The highest BCUT2D eigenvalue weighted by atomic mass is 19.4. The van der Waals surface area contributed by atoms with Crippen LogP contribution in [-0.2, 0) is 25.7 Å². The average Bonchev–Trinajstić information content (AvgIpc) is 2.90. The van der Waals surface area contributed by atoms with Crippen LogP contribution in [0.25, 0.3) is 0 Å². The summed E-state index contributed by atoms with van der Waals surface area (Å²) >= 11 is 0. The summed E-state index contributed by atoms with van der Waals surface area (Å²) in [6, 6.07) is 6.07. The minimum Gasteiger partial charge on any atom is -0.465 e. The second-order valence-electron chi connectivity index (χ2n) is 5.80. The van der Waals surface area contributed by atoms with E-state index in [-0.39, 0.29) is 12.1 Å². The Balaban J connectivity index is 1.99. The van der Waals surface area contributed by atoms with E-state index in [1.807, 2.05) is 6.92 Å². The van der Waals surface area contributed by atoms with Crippen LogP contribution in [0.5, 0.6) is 6.01 Å². The molecule has 130 valence electrons. The number of nitrogens with zero attached hydrogens (tertiary/aromatic N) is 2. The van der Waals surface area contributed by atoms with Gasteiger partial charge >= 0.3 is 6.18 Å². The zero-order chi connectivity index (χ0) is 17.2. The van der Waals surface area contributed by atoms with E-state index in [1.54, 1.807) is 10.6 Å². The van der Waals surface area contributed by atoms with Gasteiger partial charge in [0.25, 0.3) is 6.01 Å². The van der Waals surface area contributed by atoms with Gasteiger partial charge in [0, 0.05) is 25.2 Å². The Morgan fingerprint density at radius 1 is 1.29 bits per heavy atom. The Kier molecular flexibility index (Phi) is 4.80. The van der Waals surface area contributed by atoms with Crippen molar-refractivity contribution in [1.82, 2.24) is 14.9 Å². The van der Waals surface area contributed by atoms with Gasteiger partial charge in [-0.3, -0.25) is 4.57 Å². The standard InChI is InChI=1S/C17H20F3N3O/c1-2-9-24-16-22-14-10-21-8-7-15(14)23(16)11-12-5-3-4-6-13(12)17(18,19)20/h3-6,21H,2,7-11H2,1H3. The normalized spacial score (nSPS) is 14.5. The first-order chi connectivity index (χ1) is 11.5. The fourth-order valence-corrected chi connectivity index (χ4v) is 2.92. The van der Waals surface area contributed by atoms with Gasteiger partial charge < -0.3 is 10.1 Å². The molecule has 0 aliphatic carbocycles. The molecule has 1 aromatic carbocycles. The number of benzene rings is 1. The van der Waals surface area contributed by atoms with Crippen molar-refractivity contribution < 1.29 is 17.9 Å². The van der Waals surface area contributed by atoms with Gasteiger partial charge in [-0.2, -0.15) is 18.2 Å². The van der Waals surface area contributed by atoms with Crippen LogP contribution in [-0.4, -0.2) is 22.7 Å². The van der Waals surface area contributed by atoms with Crippen LogP contribution < -0.4 is 10.1 Å². The molecule has 3 rings (SSSR count). The molecule has 1 N–H and O–H groups in total. The molecule has 0 spiro atoms. The van der Waals surface area contributed by atoms with Gasteiger partial charge in [-0.15, -0.1) is 0 Å². The molecule has 0 radical (unpaired) electrons. The average molecular weight is 339 g/mol. The predicted molar refractivity (Wildman–Crippen MR) is 84.0 cm³/mol. The molecule has 0 saturated heterocycles. The highest BCUT2D eigenvalue weighted by Gasteiger charge is 2.33. The zero-order valence-electron chi connectivity index (χ0n) is 13.5. The van der Waals surface area contributed by atoms with Gasteiger partial charge in [0.2, 0.25) is 0 Å². The van der Waals surface area contributed by atoms with Crippen LogP contribution in [0.4, 0.5) is 13.2 Å². The van der Waals surface area contributed by atoms with Crippen LogP contribution in [0.2, 0.25) is 0 Å². The van der Waals surface area contributed by atoms with Gasteiger partial charge in [-0.25, -0.2) is 0 Å². The molecule has 0 saturated carbocycles. The molecular weight excluding hydrogens is 319 g/mol. The molecule has 0 unspecified atom stereocenters. The summed E-state index contributed by atoms with van der Waals surface area (Å²) in [6.07, 6.45) is -2.83. The van der Waals surface area contributed by atoms with Crippen molar-refractivity contribution >= 4 is 0 Å². The maximum atomic E-state index is 13.3. The summed E-state index contributed by atoms with van der Waals surface area (Å²) in [4.78, 5) is 4.47. The summed E-state index contributed by atoms with van der Waals surface area (Å²) in [6.45, 7) is 3.98. The summed E-state index contributed by atoms with van der Waals surface area (Å²) in [5, 5.41) is 3.23. The summed E-state index contributed by atoms with van der Waals surface area (Å²) in [5.74, 6) is 0. The lowest BCUT2D eigenvalue weighted by Gasteiger charge is -2.18. The van der Waals surface area contributed by atoms with Gasteiger partial charge in [0.15, 0.2) is 0 Å². The van der Waals surface area contributed by atoms with E-state index < -0.39 is 11.7 Å². The minimum atomic E-state index is -4.37. The Hall–Kier alpha value is -2.02. The monoisotopic (exact) mass is 339 g/mol. The first-order valence-electron chi connectivity index (χ1n) is 8.07. The molecule has 0 fully saturated rings. The molecule has 2 heterocycles. The number of rotatable bonds is 5. The maximum absolute atomic E-state index is 13.3. The Bertz CT molecular complexity index is 710. The van der Waals surface area contributed by atoms with Crippen molar-refractivity contribution in [2.45, 2.75) is 39.0 Å². The molecule has 0 amide bonds. The van der Waals surface area contributed by atoms with Gasteiger partial charge in [0.1, 0.15) is 0 Å². The van der Waals surface area contributed by atoms with Crippen molar-refractivity contribution in [3.05, 3.63) is 46.8 Å². The van der Waals surface area contributed by atoms with Crippen LogP contribution in [0.3, 0.4) is 0 Å². The second kappa shape index (κ2) is 6.84. The van der Waals surface area contributed by atoms with Crippen LogP contribution in [0, 0.1) is 0 Å². The van der Waals surface area contributed by atoms with E-state index >= 15 is 0 Å². The number of fused-ring (bicyclic) bond motifs is 1. The second-order valence-corrected chi connectivity index (χ2v) is 5.80. The number of ether oxygens (including phenoxy) is 1. The van der Waals surface area contributed by atoms with Crippen LogP contribution in [0.1, 0.15) is 35.9 Å². The quantitative estimate of drug-likeness (QED) is 0.908. The van der Waals surface area contributed by atoms with Crippen molar-refractivity contribution in [3.8, 4) is 6.01 Å². The summed E-state index contributed by atoms with van der Waals surface area (Å²) in [7, 11) is 0. The third-order valence-corrected chi connectivity index (χ3v) is 4.04. The Labute approximate surface area is 138 Å². The molecule has 2 aromatic rings. The van der Waals surface area contributed by atoms with E-state index in [9.17, 15) is 13.2 Å². The number of halogens is 3.